The Morgan fingerprint density at radius 2 is 1.35 bits per heavy atom. The number of alkyl halides is 6. The molecule has 0 unspecified atom stereocenters. The van der Waals surface area contributed by atoms with Crippen LogP contribution in [0.4, 0.5) is 26.3 Å². The van der Waals surface area contributed by atoms with E-state index in [0.717, 1.165) is 18.4 Å². The van der Waals surface area contributed by atoms with Gasteiger partial charge in [0.05, 0.1) is 5.92 Å². The Bertz CT molecular complexity index is 686. The monoisotopic (exact) mass is 499 g/mol. The van der Waals surface area contributed by atoms with E-state index in [1.165, 1.54) is 6.42 Å². The van der Waals surface area contributed by atoms with E-state index in [1.807, 2.05) is 32.1 Å². The maximum absolute atomic E-state index is 13.0. The molecule has 1 aliphatic heterocycles. The van der Waals surface area contributed by atoms with Gasteiger partial charge in [0.2, 0.25) is 0 Å². The predicted molar refractivity (Wildman–Crippen MR) is 102 cm³/mol. The largest absolute Gasteiger partial charge is 2.00 e. The minimum Gasteiger partial charge on any atom is -0.478 e. The molecular formula is C21H16F6FeNOP+2. The minimum absolute atomic E-state index is 0. The van der Waals surface area contributed by atoms with Crippen LogP contribution in [-0.4, -0.2) is 24.3 Å². The number of aliphatic imine (C=N–C) groups is 1. The first kappa shape index (κ1) is 26.5. The molecule has 2 saturated carbocycles. The molecule has 3 aliphatic rings. The first-order valence-corrected chi connectivity index (χ1v) is 10.1. The van der Waals surface area contributed by atoms with E-state index in [1.54, 1.807) is 30.3 Å². The molecule has 2 fully saturated rings. The number of halogens is 6. The Kier molecular flexibility index (Phi) is 9.72. The second kappa shape index (κ2) is 11.4. The molecule has 1 aromatic rings. The molecule has 2 aliphatic carbocycles. The summed E-state index contributed by atoms with van der Waals surface area (Å²) in [4.78, 5) is 4.18. The smallest absolute Gasteiger partial charge is 0.478 e. The van der Waals surface area contributed by atoms with E-state index in [2.05, 4.69) is 4.99 Å². The predicted octanol–water partition coefficient (Wildman–Crippen LogP) is 6.43. The molecular weight excluding hydrogens is 483 g/mol. The van der Waals surface area contributed by atoms with Crippen LogP contribution < -0.4 is 0 Å². The zero-order chi connectivity index (χ0) is 21.8. The fraction of sp³-hybridized carbons (Fsp3) is 0.190. The van der Waals surface area contributed by atoms with E-state index >= 15 is 0 Å². The van der Waals surface area contributed by atoms with Gasteiger partial charge in [0.25, 0.3) is 0 Å². The normalized spacial score (nSPS) is 22.5. The third kappa shape index (κ3) is 7.10. The van der Waals surface area contributed by atoms with Gasteiger partial charge < -0.3 is 4.74 Å². The maximum Gasteiger partial charge on any atom is 2.00 e. The van der Waals surface area contributed by atoms with Crippen LogP contribution in [0.1, 0.15) is 11.6 Å². The standard InChI is InChI=1S/C16H11F6NOP.C5H5.Fe/c17-15(18,19)25(16(20,21)22)13-8-4-7-11(13)14-23-12(9-24-14)10-5-2-1-3-6-10;1-2-4-5-3-1;/h1-8,12H,9H2;1-5H;/q;;+2/t12-;;/m1../s1. The third-order valence-corrected chi connectivity index (χ3v) is 6.05. The maximum atomic E-state index is 13.0. The molecule has 10 heteroatoms. The van der Waals surface area contributed by atoms with Crippen molar-refractivity contribution in [3.63, 3.8) is 0 Å². The Balaban J connectivity index is 0.000000501. The van der Waals surface area contributed by atoms with Crippen molar-refractivity contribution >= 4 is 13.8 Å². The zero-order valence-electron chi connectivity index (χ0n) is 15.7. The number of hydrogen-bond donors (Lipinski definition) is 0. The van der Waals surface area contributed by atoms with Gasteiger partial charge in [-0.2, -0.15) is 26.3 Å². The van der Waals surface area contributed by atoms with E-state index < -0.39 is 31.5 Å². The van der Waals surface area contributed by atoms with Crippen LogP contribution in [0.2, 0.25) is 0 Å². The molecule has 1 heterocycles. The van der Waals surface area contributed by atoms with Crippen LogP contribution in [0.3, 0.4) is 0 Å². The summed E-state index contributed by atoms with van der Waals surface area (Å²) in [6, 6.07) is 8.41. The third-order valence-electron chi connectivity index (χ3n) is 4.16. The van der Waals surface area contributed by atoms with Crippen LogP contribution in [0.25, 0.3) is 0 Å². The van der Waals surface area contributed by atoms with Gasteiger partial charge in [0.1, 0.15) is 20.6 Å². The number of benzene rings is 1. The molecule has 4 rings (SSSR count). The van der Waals surface area contributed by atoms with Gasteiger partial charge >= 0.3 is 28.9 Å². The molecule has 0 N–H and O–H groups in total. The average Bonchev–Trinajstić information content (AvgIpc) is 3.43. The molecule has 1 aromatic carbocycles. The SMILES string of the molecule is FC(F)(F)P([C]1[CH][CH][CH][C]1C1=N[C@@H](c2ccccc2)CO1)C(F)(F)F.[CH]1[CH][CH][CH][CH]1.[Fe+2]. The minimum atomic E-state index is -5.39. The van der Waals surface area contributed by atoms with E-state index in [4.69, 9.17) is 4.74 Å². The van der Waals surface area contributed by atoms with E-state index in [-0.39, 0.29) is 35.5 Å². The van der Waals surface area contributed by atoms with Crippen molar-refractivity contribution in [2.24, 2.45) is 4.99 Å². The number of nitrogens with zero attached hydrogens (tertiary/aromatic N) is 1. The van der Waals surface area contributed by atoms with Crippen molar-refractivity contribution in [3.05, 3.63) is 98.8 Å². The van der Waals surface area contributed by atoms with Gasteiger partial charge in [-0.25, -0.2) is 4.99 Å². The second-order valence-corrected chi connectivity index (χ2v) is 8.40. The summed E-state index contributed by atoms with van der Waals surface area (Å²) in [5.41, 5.74) is -0.0537. The van der Waals surface area contributed by atoms with Crippen LogP contribution in [0.5, 0.6) is 0 Å². The first-order chi connectivity index (χ1) is 14.2. The Labute approximate surface area is 190 Å². The van der Waals surface area contributed by atoms with E-state index in [0.29, 0.717) is 0 Å². The molecule has 0 spiro atoms. The Morgan fingerprint density at radius 1 is 0.806 bits per heavy atom. The van der Waals surface area contributed by atoms with Gasteiger partial charge in [0, 0.05) is 5.66 Å². The second-order valence-electron chi connectivity index (χ2n) is 6.23. The van der Waals surface area contributed by atoms with Crippen molar-refractivity contribution in [1.82, 2.24) is 0 Å². The number of rotatable bonds is 3. The van der Waals surface area contributed by atoms with Crippen molar-refractivity contribution in [2.45, 2.75) is 17.9 Å². The Morgan fingerprint density at radius 3 is 1.87 bits per heavy atom. The molecule has 0 saturated heterocycles. The number of ether oxygens (including phenoxy) is 1. The average molecular weight is 499 g/mol. The van der Waals surface area contributed by atoms with Crippen molar-refractivity contribution in [3.8, 4) is 0 Å². The Hall–Kier alpha value is -0.781. The van der Waals surface area contributed by atoms with Crippen LogP contribution >= 0.6 is 7.92 Å². The van der Waals surface area contributed by atoms with Gasteiger partial charge in [0.15, 0.2) is 5.90 Å². The molecule has 0 aromatic heterocycles. The van der Waals surface area contributed by atoms with Crippen molar-refractivity contribution in [2.75, 3.05) is 6.61 Å². The fourth-order valence-electron chi connectivity index (χ4n) is 2.89. The number of hydrogen-bond acceptors (Lipinski definition) is 2. The summed E-state index contributed by atoms with van der Waals surface area (Å²) < 4.78 is 83.4. The molecule has 0 amide bonds. The first-order valence-electron chi connectivity index (χ1n) is 8.80. The van der Waals surface area contributed by atoms with Gasteiger partial charge in [-0.3, -0.25) is 0 Å². The van der Waals surface area contributed by atoms with Crippen molar-refractivity contribution in [1.29, 1.82) is 0 Å². The summed E-state index contributed by atoms with van der Waals surface area (Å²) >= 11 is 0. The summed E-state index contributed by atoms with van der Waals surface area (Å²) in [5, 5.41) is 0. The summed E-state index contributed by atoms with van der Waals surface area (Å²) in [6.07, 6.45) is 13.2. The topological polar surface area (TPSA) is 21.6 Å². The van der Waals surface area contributed by atoms with Crippen LogP contribution in [-0.2, 0) is 21.8 Å². The molecule has 31 heavy (non-hydrogen) atoms. The van der Waals surface area contributed by atoms with Crippen LogP contribution in [0.15, 0.2) is 35.3 Å². The fourth-order valence-corrected chi connectivity index (χ4v) is 4.37. The van der Waals surface area contributed by atoms with Crippen LogP contribution in [0, 0.1) is 62.9 Å². The van der Waals surface area contributed by atoms with E-state index in [9.17, 15) is 26.3 Å². The van der Waals surface area contributed by atoms with Gasteiger partial charge in [-0.05, 0) is 56.9 Å². The molecule has 10 radical (unpaired) electrons. The van der Waals surface area contributed by atoms with Crippen molar-refractivity contribution < 1.29 is 48.1 Å². The van der Waals surface area contributed by atoms with Gasteiger partial charge in [-0.1, -0.05) is 30.3 Å². The quantitative estimate of drug-likeness (QED) is 0.267. The summed E-state index contributed by atoms with van der Waals surface area (Å²) in [6.45, 7) is 0.0694. The van der Waals surface area contributed by atoms with Gasteiger partial charge in [-0.15, -0.1) is 0 Å². The molecule has 1 atom stereocenters. The zero-order valence-corrected chi connectivity index (χ0v) is 17.7. The molecule has 0 bridgehead atoms. The summed E-state index contributed by atoms with van der Waals surface area (Å²) in [5.74, 6) is -11.2. The summed E-state index contributed by atoms with van der Waals surface area (Å²) in [7, 11) is -4.37. The molecule has 2 nitrogen and oxygen atoms in total. The molecule has 164 valence electrons.